The van der Waals surface area contributed by atoms with Gasteiger partial charge in [-0.15, -0.1) is 0 Å². The third kappa shape index (κ3) is 1.75. The lowest BCUT2D eigenvalue weighted by molar-refractivity contribution is -0.126. The fraction of sp³-hybridized carbons (Fsp3) is 0.429. The number of amides is 2. The van der Waals surface area contributed by atoms with Crippen LogP contribution in [-0.2, 0) is 9.59 Å². The Bertz CT molecular complexity index is 538. The van der Waals surface area contributed by atoms with Crippen molar-refractivity contribution in [2.75, 3.05) is 16.0 Å². The Morgan fingerprint density at radius 3 is 2.68 bits per heavy atom. The van der Waals surface area contributed by atoms with Gasteiger partial charge in [0.25, 0.3) is 5.91 Å². The summed E-state index contributed by atoms with van der Waals surface area (Å²) in [6.45, 7) is 0. The van der Waals surface area contributed by atoms with Crippen molar-refractivity contribution in [3.63, 3.8) is 0 Å². The van der Waals surface area contributed by atoms with Gasteiger partial charge in [-0.25, -0.2) is 0 Å². The summed E-state index contributed by atoms with van der Waals surface area (Å²) in [5.74, 6) is -0.0463. The van der Waals surface area contributed by atoms with E-state index in [9.17, 15) is 9.59 Å². The lowest BCUT2D eigenvalue weighted by atomic mass is 9.90. The van der Waals surface area contributed by atoms with Crippen LogP contribution in [0.4, 0.5) is 11.4 Å². The van der Waals surface area contributed by atoms with Gasteiger partial charge in [0.05, 0.1) is 17.1 Å². The normalized spacial score (nSPS) is 20.3. The fourth-order valence-electron chi connectivity index (χ4n) is 3.20. The number of para-hydroxylation sites is 2. The van der Waals surface area contributed by atoms with Crippen molar-refractivity contribution in [3.05, 3.63) is 24.3 Å². The Kier molecular flexibility index (Phi) is 3.01. The van der Waals surface area contributed by atoms with Gasteiger partial charge < -0.3 is 5.32 Å². The van der Waals surface area contributed by atoms with Crippen LogP contribution < -0.4 is 10.2 Å². The molecule has 0 aromatic heterocycles. The van der Waals surface area contributed by atoms with E-state index >= 15 is 0 Å². The number of nitrogens with one attached hydrogen (secondary N) is 1. The number of nitrogens with zero attached hydrogens (tertiary/aromatic N) is 1. The molecule has 0 bridgehead atoms. The minimum absolute atomic E-state index is 0.0566. The molecule has 0 atom stereocenters. The van der Waals surface area contributed by atoms with Crippen LogP contribution in [-0.4, -0.2) is 23.1 Å². The molecule has 3 rings (SSSR count). The Morgan fingerprint density at radius 2 is 2.00 bits per heavy atom. The summed E-state index contributed by atoms with van der Waals surface area (Å²) in [4.78, 5) is 26.5. The third-order valence-electron chi connectivity index (χ3n) is 4.06. The molecule has 1 fully saturated rings. The standard InChI is InChI=1S/C14H16N2O2S/c17-12(9-19)16-11-6-2-1-5-10(11)15-13(18)14(16)7-3-4-8-14/h1-2,5-6,19H,3-4,7-9H2,(H,15,18). The smallest absolute Gasteiger partial charge is 0.250 e. The zero-order valence-corrected chi connectivity index (χ0v) is 11.5. The first kappa shape index (κ1) is 12.5. The van der Waals surface area contributed by atoms with Crippen LogP contribution in [0.1, 0.15) is 25.7 Å². The molecule has 1 spiro atoms. The Labute approximate surface area is 117 Å². The first-order chi connectivity index (χ1) is 9.19. The van der Waals surface area contributed by atoms with E-state index in [1.807, 2.05) is 24.3 Å². The van der Waals surface area contributed by atoms with Crippen molar-refractivity contribution >= 4 is 35.8 Å². The molecule has 0 unspecified atom stereocenters. The van der Waals surface area contributed by atoms with E-state index in [1.54, 1.807) is 4.90 Å². The SMILES string of the molecule is O=C(CS)N1c2ccccc2NC(=O)C12CCCC2. The monoisotopic (exact) mass is 276 g/mol. The van der Waals surface area contributed by atoms with Crippen molar-refractivity contribution < 1.29 is 9.59 Å². The first-order valence-electron chi connectivity index (χ1n) is 6.53. The molecule has 0 saturated heterocycles. The highest BCUT2D eigenvalue weighted by Gasteiger charge is 2.51. The number of anilines is 2. The molecule has 100 valence electrons. The average molecular weight is 276 g/mol. The zero-order chi connectivity index (χ0) is 13.5. The van der Waals surface area contributed by atoms with Gasteiger partial charge in [0.15, 0.2) is 0 Å². The van der Waals surface area contributed by atoms with Gasteiger partial charge in [0.2, 0.25) is 5.91 Å². The summed E-state index contributed by atoms with van der Waals surface area (Å²) in [7, 11) is 0. The van der Waals surface area contributed by atoms with E-state index in [-0.39, 0.29) is 17.6 Å². The maximum Gasteiger partial charge on any atom is 0.250 e. The number of rotatable bonds is 1. The molecule has 1 heterocycles. The fourth-order valence-corrected chi connectivity index (χ4v) is 3.34. The molecule has 4 nitrogen and oxygen atoms in total. The van der Waals surface area contributed by atoms with Gasteiger partial charge >= 0.3 is 0 Å². The van der Waals surface area contributed by atoms with Gasteiger partial charge in [0.1, 0.15) is 5.54 Å². The summed E-state index contributed by atoms with van der Waals surface area (Å²) in [6, 6.07) is 7.46. The van der Waals surface area contributed by atoms with E-state index in [2.05, 4.69) is 17.9 Å². The average Bonchev–Trinajstić information content (AvgIpc) is 2.90. The van der Waals surface area contributed by atoms with Crippen LogP contribution in [0.2, 0.25) is 0 Å². The summed E-state index contributed by atoms with van der Waals surface area (Å²) in [5.41, 5.74) is 0.803. The minimum atomic E-state index is -0.700. The molecule has 2 aliphatic rings. The van der Waals surface area contributed by atoms with E-state index in [1.165, 1.54) is 0 Å². The van der Waals surface area contributed by atoms with Gasteiger partial charge in [-0.1, -0.05) is 25.0 Å². The molecule has 1 N–H and O–H groups in total. The van der Waals surface area contributed by atoms with Crippen molar-refractivity contribution in [2.45, 2.75) is 31.2 Å². The van der Waals surface area contributed by atoms with Crippen molar-refractivity contribution in [2.24, 2.45) is 0 Å². The molecule has 5 heteroatoms. The maximum atomic E-state index is 12.5. The zero-order valence-electron chi connectivity index (χ0n) is 10.6. The van der Waals surface area contributed by atoms with Crippen molar-refractivity contribution in [3.8, 4) is 0 Å². The molecular weight excluding hydrogens is 260 g/mol. The maximum absolute atomic E-state index is 12.5. The second-order valence-corrected chi connectivity index (χ2v) is 5.41. The van der Waals surface area contributed by atoms with Gasteiger partial charge in [0, 0.05) is 0 Å². The summed E-state index contributed by atoms with van der Waals surface area (Å²) in [6.07, 6.45) is 3.41. The highest BCUT2D eigenvalue weighted by molar-refractivity contribution is 7.81. The highest BCUT2D eigenvalue weighted by Crippen LogP contribution is 2.45. The summed E-state index contributed by atoms with van der Waals surface area (Å²) < 4.78 is 0. The van der Waals surface area contributed by atoms with Crippen LogP contribution in [0, 0.1) is 0 Å². The topological polar surface area (TPSA) is 49.4 Å². The van der Waals surface area contributed by atoms with Gasteiger partial charge in [-0.05, 0) is 25.0 Å². The van der Waals surface area contributed by atoms with E-state index in [0.29, 0.717) is 5.69 Å². The quantitative estimate of drug-likeness (QED) is 0.773. The molecule has 0 radical (unpaired) electrons. The molecule has 1 saturated carbocycles. The van der Waals surface area contributed by atoms with Gasteiger partial charge in [-0.3, -0.25) is 14.5 Å². The van der Waals surface area contributed by atoms with E-state index in [0.717, 1.165) is 31.4 Å². The second kappa shape index (κ2) is 4.56. The van der Waals surface area contributed by atoms with E-state index in [4.69, 9.17) is 0 Å². The molecule has 2 amide bonds. The largest absolute Gasteiger partial charge is 0.322 e. The van der Waals surface area contributed by atoms with Crippen molar-refractivity contribution in [1.82, 2.24) is 0 Å². The highest BCUT2D eigenvalue weighted by atomic mass is 32.1. The Hall–Kier alpha value is -1.49. The predicted octanol–water partition coefficient (Wildman–Crippen LogP) is 2.21. The lowest BCUT2D eigenvalue weighted by Crippen LogP contribution is -2.61. The molecular formula is C14H16N2O2S. The molecule has 1 aliphatic carbocycles. The Balaban J connectivity index is 2.16. The number of hydrogen-bond acceptors (Lipinski definition) is 3. The number of fused-ring (bicyclic) bond motifs is 1. The van der Waals surface area contributed by atoms with Crippen LogP contribution in [0.25, 0.3) is 0 Å². The number of thiol groups is 1. The molecule has 1 aromatic rings. The number of carbonyl (C=O) groups excluding carboxylic acids is 2. The van der Waals surface area contributed by atoms with Crippen LogP contribution in [0.5, 0.6) is 0 Å². The molecule has 19 heavy (non-hydrogen) atoms. The van der Waals surface area contributed by atoms with Gasteiger partial charge in [-0.2, -0.15) is 12.6 Å². The molecule has 1 aromatic carbocycles. The summed E-state index contributed by atoms with van der Waals surface area (Å²) >= 11 is 4.10. The minimum Gasteiger partial charge on any atom is -0.322 e. The van der Waals surface area contributed by atoms with Crippen LogP contribution in [0.3, 0.4) is 0 Å². The number of hydrogen-bond donors (Lipinski definition) is 2. The van der Waals surface area contributed by atoms with Crippen LogP contribution in [0.15, 0.2) is 24.3 Å². The predicted molar refractivity (Wildman–Crippen MR) is 77.6 cm³/mol. The third-order valence-corrected chi connectivity index (χ3v) is 4.33. The Morgan fingerprint density at radius 1 is 1.32 bits per heavy atom. The lowest BCUT2D eigenvalue weighted by Gasteiger charge is -2.44. The first-order valence-corrected chi connectivity index (χ1v) is 7.17. The second-order valence-electron chi connectivity index (χ2n) is 5.10. The van der Waals surface area contributed by atoms with E-state index < -0.39 is 5.54 Å². The summed E-state index contributed by atoms with van der Waals surface area (Å²) in [5, 5.41) is 2.94. The van der Waals surface area contributed by atoms with Crippen molar-refractivity contribution in [1.29, 1.82) is 0 Å². The number of benzene rings is 1. The van der Waals surface area contributed by atoms with Crippen LogP contribution >= 0.6 is 12.6 Å². The number of carbonyl (C=O) groups is 2. The molecule has 1 aliphatic heterocycles.